The first-order chi connectivity index (χ1) is 9.40. The van der Waals surface area contributed by atoms with E-state index in [4.69, 9.17) is 11.0 Å². The fourth-order valence-electron chi connectivity index (χ4n) is 1.71. The van der Waals surface area contributed by atoms with E-state index in [-0.39, 0.29) is 4.90 Å². The molecule has 2 aromatic rings. The van der Waals surface area contributed by atoms with Crippen LogP contribution < -0.4 is 11.1 Å². The summed E-state index contributed by atoms with van der Waals surface area (Å²) in [6, 6.07) is 13.5. The monoisotopic (exact) mass is 287 g/mol. The summed E-state index contributed by atoms with van der Waals surface area (Å²) < 4.78 is 22.9. The first-order valence-corrected chi connectivity index (χ1v) is 7.66. The third-order valence-corrected chi connectivity index (χ3v) is 3.83. The zero-order chi connectivity index (χ0) is 14.8. The van der Waals surface area contributed by atoms with Crippen LogP contribution in [-0.2, 0) is 9.84 Å². The third kappa shape index (κ3) is 3.08. The van der Waals surface area contributed by atoms with Crippen LogP contribution in [0.2, 0.25) is 0 Å². The van der Waals surface area contributed by atoms with Crippen molar-refractivity contribution >= 4 is 26.9 Å². The highest BCUT2D eigenvalue weighted by molar-refractivity contribution is 7.90. The molecule has 6 heteroatoms. The van der Waals surface area contributed by atoms with Gasteiger partial charge in [0.2, 0.25) is 0 Å². The highest BCUT2D eigenvalue weighted by Gasteiger charge is 2.09. The van der Waals surface area contributed by atoms with E-state index in [2.05, 4.69) is 5.32 Å². The van der Waals surface area contributed by atoms with Crippen LogP contribution in [0.15, 0.2) is 47.4 Å². The maximum atomic E-state index is 11.4. The standard InChI is InChI=1S/C14H13N3O2S/c1-20(18,19)12-5-6-14(13(16)8-12)17-11-4-2-3-10(7-11)9-15/h2-8,17H,16H2,1H3. The van der Waals surface area contributed by atoms with Gasteiger partial charge in [0.15, 0.2) is 9.84 Å². The molecule has 0 saturated carbocycles. The summed E-state index contributed by atoms with van der Waals surface area (Å²) in [7, 11) is -3.28. The summed E-state index contributed by atoms with van der Waals surface area (Å²) in [5.74, 6) is 0. The summed E-state index contributed by atoms with van der Waals surface area (Å²) >= 11 is 0. The Morgan fingerprint density at radius 1 is 1.20 bits per heavy atom. The number of nitrogens with zero attached hydrogens (tertiary/aromatic N) is 1. The van der Waals surface area contributed by atoms with Gasteiger partial charge < -0.3 is 11.1 Å². The van der Waals surface area contributed by atoms with Gasteiger partial charge in [-0.3, -0.25) is 0 Å². The Hall–Kier alpha value is -2.52. The van der Waals surface area contributed by atoms with Gasteiger partial charge >= 0.3 is 0 Å². The van der Waals surface area contributed by atoms with Gasteiger partial charge in [-0.25, -0.2) is 8.42 Å². The lowest BCUT2D eigenvalue weighted by atomic mass is 10.2. The van der Waals surface area contributed by atoms with Gasteiger partial charge in [-0.2, -0.15) is 5.26 Å². The lowest BCUT2D eigenvalue weighted by molar-refractivity contribution is 0.602. The van der Waals surface area contributed by atoms with Crippen molar-refractivity contribution in [3.05, 3.63) is 48.0 Å². The number of nitrogens with one attached hydrogen (secondary N) is 1. The number of anilines is 3. The number of nitriles is 1. The SMILES string of the molecule is CS(=O)(=O)c1ccc(Nc2cccc(C#N)c2)c(N)c1. The summed E-state index contributed by atoms with van der Waals surface area (Å²) in [5.41, 5.74) is 8.00. The Morgan fingerprint density at radius 2 is 1.95 bits per heavy atom. The van der Waals surface area contributed by atoms with Crippen LogP contribution in [0.1, 0.15) is 5.56 Å². The van der Waals surface area contributed by atoms with Crippen LogP contribution in [0.5, 0.6) is 0 Å². The Labute approximate surface area is 117 Å². The molecule has 102 valence electrons. The molecule has 2 aromatic carbocycles. The zero-order valence-electron chi connectivity index (χ0n) is 10.8. The first-order valence-electron chi connectivity index (χ1n) is 5.77. The number of rotatable bonds is 3. The van der Waals surface area contributed by atoms with Gasteiger partial charge in [-0.15, -0.1) is 0 Å². The molecular weight excluding hydrogens is 274 g/mol. The second-order valence-corrected chi connectivity index (χ2v) is 6.35. The fourth-order valence-corrected chi connectivity index (χ4v) is 2.36. The smallest absolute Gasteiger partial charge is 0.175 e. The molecule has 0 unspecified atom stereocenters. The van der Waals surface area contributed by atoms with E-state index in [1.54, 1.807) is 30.3 Å². The van der Waals surface area contributed by atoms with E-state index in [0.717, 1.165) is 6.26 Å². The molecule has 0 fully saturated rings. The highest BCUT2D eigenvalue weighted by atomic mass is 32.2. The molecule has 0 aliphatic rings. The van der Waals surface area contributed by atoms with Crippen molar-refractivity contribution in [1.82, 2.24) is 0 Å². The van der Waals surface area contributed by atoms with Crippen molar-refractivity contribution in [1.29, 1.82) is 5.26 Å². The minimum Gasteiger partial charge on any atom is -0.397 e. The average molecular weight is 287 g/mol. The van der Waals surface area contributed by atoms with Gasteiger partial charge in [0.1, 0.15) is 0 Å². The lowest BCUT2D eigenvalue weighted by Crippen LogP contribution is -2.01. The largest absolute Gasteiger partial charge is 0.397 e. The van der Waals surface area contributed by atoms with Gasteiger partial charge in [0.25, 0.3) is 0 Å². The van der Waals surface area contributed by atoms with Gasteiger partial charge in [0.05, 0.1) is 27.9 Å². The number of benzene rings is 2. The van der Waals surface area contributed by atoms with E-state index in [9.17, 15) is 8.42 Å². The van der Waals surface area contributed by atoms with Crippen LogP contribution in [0.25, 0.3) is 0 Å². The molecule has 0 atom stereocenters. The molecule has 0 spiro atoms. The Morgan fingerprint density at radius 3 is 2.55 bits per heavy atom. The predicted molar refractivity (Wildman–Crippen MR) is 78.4 cm³/mol. The molecule has 0 radical (unpaired) electrons. The van der Waals surface area contributed by atoms with Crippen molar-refractivity contribution in [2.75, 3.05) is 17.3 Å². The van der Waals surface area contributed by atoms with E-state index in [1.807, 2.05) is 6.07 Å². The molecule has 0 aromatic heterocycles. The molecule has 0 aliphatic carbocycles. The highest BCUT2D eigenvalue weighted by Crippen LogP contribution is 2.26. The van der Waals surface area contributed by atoms with E-state index >= 15 is 0 Å². The van der Waals surface area contributed by atoms with Crippen LogP contribution in [0.4, 0.5) is 17.1 Å². The van der Waals surface area contributed by atoms with Crippen molar-refractivity contribution < 1.29 is 8.42 Å². The summed E-state index contributed by atoms with van der Waals surface area (Å²) in [4.78, 5) is 0.173. The van der Waals surface area contributed by atoms with Crippen LogP contribution in [0, 0.1) is 11.3 Å². The minimum atomic E-state index is -3.28. The summed E-state index contributed by atoms with van der Waals surface area (Å²) in [5, 5.41) is 11.9. The molecular formula is C14H13N3O2S. The molecule has 20 heavy (non-hydrogen) atoms. The van der Waals surface area contributed by atoms with Crippen LogP contribution in [-0.4, -0.2) is 14.7 Å². The molecule has 0 saturated heterocycles. The molecule has 0 amide bonds. The lowest BCUT2D eigenvalue weighted by Gasteiger charge is -2.10. The Bertz CT molecular complexity index is 792. The van der Waals surface area contributed by atoms with E-state index in [0.29, 0.717) is 22.6 Å². The second-order valence-electron chi connectivity index (χ2n) is 4.34. The number of nitrogens with two attached hydrogens (primary N) is 1. The number of nitrogen functional groups attached to an aromatic ring is 1. The van der Waals surface area contributed by atoms with Crippen molar-refractivity contribution in [3.63, 3.8) is 0 Å². The number of hydrogen-bond acceptors (Lipinski definition) is 5. The number of sulfone groups is 1. The van der Waals surface area contributed by atoms with E-state index < -0.39 is 9.84 Å². The fraction of sp³-hybridized carbons (Fsp3) is 0.0714. The third-order valence-electron chi connectivity index (χ3n) is 2.72. The van der Waals surface area contributed by atoms with Crippen LogP contribution in [0.3, 0.4) is 0 Å². The van der Waals surface area contributed by atoms with Gasteiger partial charge in [-0.05, 0) is 36.4 Å². The first kappa shape index (κ1) is 13.9. The second kappa shape index (κ2) is 5.23. The maximum absolute atomic E-state index is 11.4. The average Bonchev–Trinajstić information content (AvgIpc) is 2.40. The molecule has 0 heterocycles. The topological polar surface area (TPSA) is 96.0 Å². The summed E-state index contributed by atoms with van der Waals surface area (Å²) in [6.07, 6.45) is 1.13. The molecule has 3 N–H and O–H groups in total. The molecule has 0 bridgehead atoms. The van der Waals surface area contributed by atoms with Crippen LogP contribution >= 0.6 is 0 Å². The van der Waals surface area contributed by atoms with Gasteiger partial charge in [0, 0.05) is 11.9 Å². The van der Waals surface area contributed by atoms with Gasteiger partial charge in [-0.1, -0.05) is 6.07 Å². The summed E-state index contributed by atoms with van der Waals surface area (Å²) in [6.45, 7) is 0. The molecule has 2 rings (SSSR count). The van der Waals surface area contributed by atoms with Crippen molar-refractivity contribution in [3.8, 4) is 6.07 Å². The molecule has 0 aliphatic heterocycles. The minimum absolute atomic E-state index is 0.173. The maximum Gasteiger partial charge on any atom is 0.175 e. The van der Waals surface area contributed by atoms with E-state index in [1.165, 1.54) is 12.1 Å². The quantitative estimate of drug-likeness (QED) is 0.844. The Kier molecular flexibility index (Phi) is 3.63. The normalized spacial score (nSPS) is 10.8. The van der Waals surface area contributed by atoms with Crippen molar-refractivity contribution in [2.45, 2.75) is 4.90 Å². The molecule has 5 nitrogen and oxygen atoms in total. The zero-order valence-corrected chi connectivity index (χ0v) is 11.6. The Balaban J connectivity index is 2.33. The number of hydrogen-bond donors (Lipinski definition) is 2. The van der Waals surface area contributed by atoms with Crippen molar-refractivity contribution in [2.24, 2.45) is 0 Å². The predicted octanol–water partition coefficient (Wildman–Crippen LogP) is 2.29.